The van der Waals surface area contributed by atoms with Gasteiger partial charge in [0.05, 0.1) is 6.54 Å². The molecule has 2 aromatic heterocycles. The van der Waals surface area contributed by atoms with E-state index in [0.29, 0.717) is 6.54 Å². The Balaban J connectivity index is 1.50. The lowest BCUT2D eigenvalue weighted by atomic mass is 10.1. The number of likely N-dealkylation sites (N-methyl/N-ethyl adjacent to an activating group) is 1. The molecule has 0 aliphatic heterocycles. The van der Waals surface area contributed by atoms with Gasteiger partial charge >= 0.3 is 0 Å². The molecule has 0 spiro atoms. The Bertz CT molecular complexity index is 1300. The Morgan fingerprint density at radius 3 is 2.34 bits per heavy atom. The van der Waals surface area contributed by atoms with E-state index >= 15 is 0 Å². The predicted molar refractivity (Wildman–Crippen MR) is 145 cm³/mol. The summed E-state index contributed by atoms with van der Waals surface area (Å²) in [6.45, 7) is 11.3. The molecule has 0 fully saturated rings. The average Bonchev–Trinajstić information content (AvgIpc) is 3.37. The van der Waals surface area contributed by atoms with E-state index < -0.39 is 0 Å². The van der Waals surface area contributed by atoms with E-state index in [0.717, 1.165) is 39.2 Å². The van der Waals surface area contributed by atoms with Crippen LogP contribution < -0.4 is 15.5 Å². The number of benzene rings is 2. The maximum absolute atomic E-state index is 12.6. The first-order chi connectivity index (χ1) is 16.6. The monoisotopic (exact) mass is 490 g/mol. The molecule has 0 radical (unpaired) electrons. The molecule has 35 heavy (non-hydrogen) atoms. The van der Waals surface area contributed by atoms with Crippen molar-refractivity contribution in [3.05, 3.63) is 65.2 Å². The van der Waals surface area contributed by atoms with Crippen molar-refractivity contribution in [1.29, 1.82) is 0 Å². The van der Waals surface area contributed by atoms with E-state index in [-0.39, 0.29) is 18.0 Å². The minimum Gasteiger partial charge on any atom is -0.364 e. The first kappa shape index (κ1) is 24.7. The van der Waals surface area contributed by atoms with Gasteiger partial charge < -0.3 is 15.5 Å². The number of aryl methyl sites for hydroxylation is 2. The number of imidazole rings is 1. The van der Waals surface area contributed by atoms with E-state index in [1.807, 2.05) is 16.5 Å². The number of nitrogens with one attached hydrogen (secondary N) is 2. The van der Waals surface area contributed by atoms with Crippen LogP contribution >= 0.6 is 11.3 Å². The standard InChI is InChI=1S/C27H34N6OS/c1-7-19-10-12-20(13-11-19)16-28-22(34)17-32(6)26-31-33-24(30-27(3,4)5)23(29-25(33)35-26)21-14-8-18(2)9-15-21/h8-15,30H,7,16-17H2,1-6H3,(H,28,34). The molecule has 0 bridgehead atoms. The van der Waals surface area contributed by atoms with E-state index in [1.54, 1.807) is 0 Å². The second-order valence-electron chi connectivity index (χ2n) is 9.93. The van der Waals surface area contributed by atoms with E-state index in [4.69, 9.17) is 10.1 Å². The highest BCUT2D eigenvalue weighted by Crippen LogP contribution is 2.34. The number of amides is 1. The number of carbonyl (C=O) groups is 1. The molecule has 8 heteroatoms. The number of hydrogen-bond acceptors (Lipinski definition) is 6. The highest BCUT2D eigenvalue weighted by atomic mass is 32.1. The number of aromatic nitrogens is 3. The zero-order valence-electron chi connectivity index (χ0n) is 21.3. The number of nitrogens with zero attached hydrogens (tertiary/aromatic N) is 4. The van der Waals surface area contributed by atoms with E-state index in [9.17, 15) is 4.79 Å². The topological polar surface area (TPSA) is 74.6 Å². The lowest BCUT2D eigenvalue weighted by Gasteiger charge is -2.22. The third-order valence-electron chi connectivity index (χ3n) is 5.64. The summed E-state index contributed by atoms with van der Waals surface area (Å²) in [5.74, 6) is 0.806. The molecule has 2 heterocycles. The fourth-order valence-electron chi connectivity index (χ4n) is 3.71. The molecule has 0 saturated heterocycles. The van der Waals surface area contributed by atoms with Gasteiger partial charge in [-0.1, -0.05) is 72.4 Å². The van der Waals surface area contributed by atoms with Gasteiger partial charge in [0.15, 0.2) is 5.82 Å². The van der Waals surface area contributed by atoms with Crippen LogP contribution in [0.25, 0.3) is 16.2 Å². The maximum atomic E-state index is 12.6. The number of anilines is 2. The summed E-state index contributed by atoms with van der Waals surface area (Å²) in [7, 11) is 1.88. The Hall–Kier alpha value is -3.39. The molecule has 1 amide bonds. The molecule has 0 unspecified atom stereocenters. The minimum atomic E-state index is -0.166. The molecule has 184 valence electrons. The summed E-state index contributed by atoms with van der Waals surface area (Å²) in [6.07, 6.45) is 1.01. The summed E-state index contributed by atoms with van der Waals surface area (Å²) < 4.78 is 1.85. The summed E-state index contributed by atoms with van der Waals surface area (Å²) in [4.78, 5) is 20.1. The van der Waals surface area contributed by atoms with Crippen molar-refractivity contribution in [3.63, 3.8) is 0 Å². The van der Waals surface area contributed by atoms with Crippen LogP contribution in [0.5, 0.6) is 0 Å². The van der Waals surface area contributed by atoms with Gasteiger partial charge in [0.1, 0.15) is 5.69 Å². The largest absolute Gasteiger partial charge is 0.364 e. The van der Waals surface area contributed by atoms with Crippen molar-refractivity contribution < 1.29 is 4.79 Å². The van der Waals surface area contributed by atoms with Gasteiger partial charge in [0, 0.05) is 24.7 Å². The zero-order chi connectivity index (χ0) is 25.2. The highest BCUT2D eigenvalue weighted by Gasteiger charge is 2.23. The number of hydrogen-bond donors (Lipinski definition) is 2. The van der Waals surface area contributed by atoms with Crippen molar-refractivity contribution in [2.75, 3.05) is 23.8 Å². The van der Waals surface area contributed by atoms with Crippen LogP contribution in [0.15, 0.2) is 48.5 Å². The maximum Gasteiger partial charge on any atom is 0.239 e. The van der Waals surface area contributed by atoms with Crippen LogP contribution in [0.2, 0.25) is 0 Å². The summed E-state index contributed by atoms with van der Waals surface area (Å²) in [6, 6.07) is 16.7. The molecule has 0 saturated carbocycles. The van der Waals surface area contributed by atoms with Gasteiger partial charge in [-0.25, -0.2) is 4.98 Å². The second kappa shape index (κ2) is 10.1. The summed E-state index contributed by atoms with van der Waals surface area (Å²) >= 11 is 1.47. The molecule has 0 aliphatic rings. The SMILES string of the molecule is CCc1ccc(CNC(=O)CN(C)c2nn3c(NC(C)(C)C)c(-c4ccc(C)cc4)nc3s2)cc1. The third-order valence-corrected chi connectivity index (χ3v) is 6.66. The first-order valence-corrected chi connectivity index (χ1v) is 12.7. The molecule has 2 aromatic carbocycles. The van der Waals surface area contributed by atoms with Gasteiger partial charge in [-0.05, 0) is 45.2 Å². The minimum absolute atomic E-state index is 0.0479. The molecular weight excluding hydrogens is 456 g/mol. The Kier molecular flexibility index (Phi) is 7.12. The Morgan fingerprint density at radius 1 is 1.06 bits per heavy atom. The zero-order valence-corrected chi connectivity index (χ0v) is 22.2. The summed E-state index contributed by atoms with van der Waals surface area (Å²) in [5, 5.41) is 12.1. The van der Waals surface area contributed by atoms with Crippen molar-refractivity contribution in [3.8, 4) is 11.3 Å². The van der Waals surface area contributed by atoms with Crippen LogP contribution in [0.1, 0.15) is 44.4 Å². The lowest BCUT2D eigenvalue weighted by molar-refractivity contribution is -0.119. The Morgan fingerprint density at radius 2 is 1.71 bits per heavy atom. The molecule has 7 nitrogen and oxygen atoms in total. The number of rotatable bonds is 8. The molecule has 0 atom stereocenters. The highest BCUT2D eigenvalue weighted by molar-refractivity contribution is 7.20. The van der Waals surface area contributed by atoms with Gasteiger partial charge in [-0.15, -0.1) is 5.10 Å². The van der Waals surface area contributed by atoms with Gasteiger partial charge in [0.25, 0.3) is 0 Å². The predicted octanol–water partition coefficient (Wildman–Crippen LogP) is 5.29. The van der Waals surface area contributed by atoms with Crippen molar-refractivity contribution in [2.45, 2.75) is 53.1 Å². The Labute approximate surface area is 211 Å². The lowest BCUT2D eigenvalue weighted by Crippen LogP contribution is -2.34. The summed E-state index contributed by atoms with van der Waals surface area (Å²) in [5.41, 5.74) is 5.34. The normalized spacial score (nSPS) is 11.6. The van der Waals surface area contributed by atoms with Crippen molar-refractivity contribution >= 4 is 33.2 Å². The van der Waals surface area contributed by atoms with Gasteiger partial charge in [-0.3, -0.25) is 4.79 Å². The van der Waals surface area contributed by atoms with Gasteiger partial charge in [0.2, 0.25) is 16.0 Å². The van der Waals surface area contributed by atoms with Crippen molar-refractivity contribution in [2.24, 2.45) is 0 Å². The molecule has 0 aliphatic carbocycles. The van der Waals surface area contributed by atoms with Crippen molar-refractivity contribution in [1.82, 2.24) is 19.9 Å². The second-order valence-corrected chi connectivity index (χ2v) is 10.9. The van der Waals surface area contributed by atoms with Crippen LogP contribution in [-0.2, 0) is 17.8 Å². The van der Waals surface area contributed by atoms with Crippen LogP contribution in [0, 0.1) is 6.92 Å². The average molecular weight is 491 g/mol. The fourth-order valence-corrected chi connectivity index (χ4v) is 4.57. The van der Waals surface area contributed by atoms with E-state index in [1.165, 1.54) is 22.5 Å². The third kappa shape index (κ3) is 6.00. The molecule has 2 N–H and O–H groups in total. The van der Waals surface area contributed by atoms with E-state index in [2.05, 4.69) is 93.8 Å². The van der Waals surface area contributed by atoms with Crippen LogP contribution in [-0.4, -0.2) is 39.6 Å². The fraction of sp³-hybridized carbons (Fsp3) is 0.370. The molecular formula is C27H34N6OS. The molecule has 4 aromatic rings. The number of carbonyl (C=O) groups excluding carboxylic acids is 1. The quantitative estimate of drug-likeness (QED) is 0.351. The van der Waals surface area contributed by atoms with Crippen LogP contribution in [0.3, 0.4) is 0 Å². The molecule has 4 rings (SSSR count). The van der Waals surface area contributed by atoms with Gasteiger partial charge in [-0.2, -0.15) is 4.52 Å². The number of fused-ring (bicyclic) bond motifs is 1. The first-order valence-electron chi connectivity index (χ1n) is 11.9. The van der Waals surface area contributed by atoms with Crippen LogP contribution in [0.4, 0.5) is 10.9 Å². The smallest absolute Gasteiger partial charge is 0.239 e.